The standard InChI is InChI=1S/C22H25ClN4O5/c1-11-2-4-12(5-3-11)18(22(30)27-9-14(23)20-19(27)17(28)10-31-20)24-21(29)13-6-7-15-16(8-13)26-32-25-15/h6-8,11-12,14,18-20H,2-5,9-10H2,1H3,(H,24,29)/t11-,12-,14-,18?,19+,20+/m0/s1. The molecule has 4 atom stereocenters. The molecule has 1 aromatic heterocycles. The molecule has 0 spiro atoms. The number of benzene rings is 1. The Hall–Kier alpha value is -2.52. The molecule has 3 heterocycles. The first kappa shape index (κ1) is 21.3. The number of hydrogen-bond acceptors (Lipinski definition) is 7. The summed E-state index contributed by atoms with van der Waals surface area (Å²) in [4.78, 5) is 40.8. The lowest BCUT2D eigenvalue weighted by Crippen LogP contribution is -2.55. The molecule has 1 saturated carbocycles. The number of aromatic nitrogens is 2. The number of ketones is 1. The molecule has 32 heavy (non-hydrogen) atoms. The summed E-state index contributed by atoms with van der Waals surface area (Å²) in [6, 6.07) is 3.45. The predicted octanol–water partition coefficient (Wildman–Crippen LogP) is 1.93. The van der Waals surface area contributed by atoms with Crippen LogP contribution in [0.5, 0.6) is 0 Å². The second-order valence-corrected chi connectivity index (χ2v) is 9.69. The molecule has 10 heteroatoms. The Bertz CT molecular complexity index is 1050. The smallest absolute Gasteiger partial charge is 0.252 e. The van der Waals surface area contributed by atoms with Crippen LogP contribution >= 0.6 is 11.6 Å². The second-order valence-electron chi connectivity index (χ2n) is 9.13. The average molecular weight is 461 g/mol. The highest BCUT2D eigenvalue weighted by Gasteiger charge is 2.53. The fraction of sp³-hybridized carbons (Fsp3) is 0.591. The second kappa shape index (κ2) is 8.44. The number of nitrogens with zero attached hydrogens (tertiary/aromatic N) is 3. The maximum absolute atomic E-state index is 13.7. The number of amides is 2. The van der Waals surface area contributed by atoms with Gasteiger partial charge in [0.25, 0.3) is 5.91 Å². The number of carbonyl (C=O) groups excluding carboxylic acids is 3. The van der Waals surface area contributed by atoms with E-state index in [2.05, 4.69) is 22.6 Å². The van der Waals surface area contributed by atoms with Gasteiger partial charge in [-0.2, -0.15) is 0 Å². The summed E-state index contributed by atoms with van der Waals surface area (Å²) >= 11 is 6.39. The Morgan fingerprint density at radius 3 is 2.72 bits per heavy atom. The van der Waals surface area contributed by atoms with Gasteiger partial charge < -0.3 is 15.0 Å². The molecule has 2 aliphatic heterocycles. The molecule has 2 amide bonds. The molecular formula is C22H25ClN4O5. The first-order chi connectivity index (χ1) is 15.4. The van der Waals surface area contributed by atoms with Crippen molar-refractivity contribution in [2.24, 2.45) is 11.8 Å². The Labute approximate surface area is 189 Å². The highest BCUT2D eigenvalue weighted by atomic mass is 35.5. The third-order valence-corrected chi connectivity index (χ3v) is 7.39. The van der Waals surface area contributed by atoms with Gasteiger partial charge in [-0.25, -0.2) is 4.63 Å². The van der Waals surface area contributed by atoms with Crippen LogP contribution in [0.25, 0.3) is 11.0 Å². The normalized spacial score (nSPS) is 31.0. The third-order valence-electron chi connectivity index (χ3n) is 7.01. The predicted molar refractivity (Wildman–Crippen MR) is 114 cm³/mol. The Morgan fingerprint density at radius 1 is 1.19 bits per heavy atom. The van der Waals surface area contributed by atoms with Crippen LogP contribution in [-0.4, -0.2) is 69.5 Å². The fourth-order valence-corrected chi connectivity index (χ4v) is 5.51. The first-order valence-electron chi connectivity index (χ1n) is 11.0. The quantitative estimate of drug-likeness (QED) is 0.693. The van der Waals surface area contributed by atoms with E-state index in [0.717, 1.165) is 25.7 Å². The van der Waals surface area contributed by atoms with Crippen molar-refractivity contribution in [2.45, 2.75) is 56.2 Å². The van der Waals surface area contributed by atoms with Gasteiger partial charge in [-0.15, -0.1) is 11.6 Å². The lowest BCUT2D eigenvalue weighted by Gasteiger charge is -2.35. The summed E-state index contributed by atoms with van der Waals surface area (Å²) in [5.41, 5.74) is 1.38. The van der Waals surface area contributed by atoms with Crippen molar-refractivity contribution in [1.82, 2.24) is 20.5 Å². The fourth-order valence-electron chi connectivity index (χ4n) is 5.15. The van der Waals surface area contributed by atoms with Crippen LogP contribution in [0.3, 0.4) is 0 Å². The topological polar surface area (TPSA) is 115 Å². The number of Topliss-reactive ketones (excluding diaryl/α,β-unsaturated/α-hetero) is 1. The monoisotopic (exact) mass is 460 g/mol. The lowest BCUT2D eigenvalue weighted by molar-refractivity contribution is -0.139. The minimum Gasteiger partial charge on any atom is -0.366 e. The Kier molecular flexibility index (Phi) is 5.63. The molecule has 0 bridgehead atoms. The van der Waals surface area contributed by atoms with Crippen molar-refractivity contribution in [1.29, 1.82) is 0 Å². The van der Waals surface area contributed by atoms with Crippen molar-refractivity contribution in [3.63, 3.8) is 0 Å². The number of likely N-dealkylation sites (tertiary alicyclic amines) is 1. The van der Waals surface area contributed by atoms with E-state index < -0.39 is 23.6 Å². The van der Waals surface area contributed by atoms with E-state index >= 15 is 0 Å². The SMILES string of the molecule is C[C@H]1CC[C@H](C(NC(=O)c2ccc3nonc3c2)C(=O)N2C[C@H](Cl)[C@H]3OCC(=O)[C@H]32)CC1. The summed E-state index contributed by atoms with van der Waals surface area (Å²) in [5, 5.41) is 10.0. The molecule has 3 aliphatic rings. The van der Waals surface area contributed by atoms with Crippen molar-refractivity contribution in [3.8, 4) is 0 Å². The lowest BCUT2D eigenvalue weighted by atomic mass is 9.78. The molecule has 5 rings (SSSR count). The van der Waals surface area contributed by atoms with Gasteiger partial charge in [0.05, 0.1) is 5.38 Å². The van der Waals surface area contributed by atoms with Crippen molar-refractivity contribution >= 4 is 40.2 Å². The molecule has 1 aromatic carbocycles. The molecule has 2 saturated heterocycles. The van der Waals surface area contributed by atoms with E-state index in [1.165, 1.54) is 4.90 Å². The van der Waals surface area contributed by atoms with Crippen molar-refractivity contribution in [3.05, 3.63) is 23.8 Å². The Balaban J connectivity index is 1.40. The zero-order valence-electron chi connectivity index (χ0n) is 17.7. The minimum atomic E-state index is -0.739. The molecule has 3 fully saturated rings. The maximum atomic E-state index is 13.7. The average Bonchev–Trinajstić information content (AvgIpc) is 3.49. The summed E-state index contributed by atoms with van der Waals surface area (Å²) in [7, 11) is 0. The van der Waals surface area contributed by atoms with E-state index in [1.54, 1.807) is 18.2 Å². The number of fused-ring (bicyclic) bond motifs is 2. The van der Waals surface area contributed by atoms with Gasteiger partial charge in [0, 0.05) is 12.1 Å². The summed E-state index contributed by atoms with van der Waals surface area (Å²) < 4.78 is 10.2. The van der Waals surface area contributed by atoms with Gasteiger partial charge in [-0.1, -0.05) is 19.8 Å². The van der Waals surface area contributed by atoms with E-state index in [0.29, 0.717) is 22.5 Å². The van der Waals surface area contributed by atoms with E-state index in [1.807, 2.05) is 0 Å². The molecule has 1 aliphatic carbocycles. The molecule has 2 aromatic rings. The zero-order valence-corrected chi connectivity index (χ0v) is 18.5. The maximum Gasteiger partial charge on any atom is 0.252 e. The number of hydrogen-bond donors (Lipinski definition) is 1. The summed E-state index contributed by atoms with van der Waals surface area (Å²) in [6.07, 6.45) is 3.17. The number of ether oxygens (including phenoxy) is 1. The highest BCUT2D eigenvalue weighted by Crippen LogP contribution is 2.35. The number of carbonyl (C=O) groups is 3. The van der Waals surface area contributed by atoms with Gasteiger partial charge in [0.2, 0.25) is 5.91 Å². The van der Waals surface area contributed by atoms with Crippen molar-refractivity contribution < 1.29 is 23.7 Å². The van der Waals surface area contributed by atoms with Crippen molar-refractivity contribution in [2.75, 3.05) is 13.2 Å². The minimum absolute atomic E-state index is 0.00894. The molecule has 1 N–H and O–H groups in total. The van der Waals surface area contributed by atoms with Gasteiger partial charge in [-0.05, 0) is 53.2 Å². The Morgan fingerprint density at radius 2 is 1.94 bits per heavy atom. The van der Waals surface area contributed by atoms with Gasteiger partial charge in [0.15, 0.2) is 5.78 Å². The summed E-state index contributed by atoms with van der Waals surface area (Å²) in [5.74, 6) is -0.200. The van der Waals surface area contributed by atoms with Gasteiger partial charge in [-0.3, -0.25) is 14.4 Å². The van der Waals surface area contributed by atoms with E-state index in [9.17, 15) is 14.4 Å². The van der Waals surface area contributed by atoms with Crippen LogP contribution in [-0.2, 0) is 14.3 Å². The van der Waals surface area contributed by atoms with Crippen LogP contribution in [0.15, 0.2) is 22.8 Å². The number of alkyl halides is 1. The van der Waals surface area contributed by atoms with Crippen LogP contribution in [0.4, 0.5) is 0 Å². The molecule has 1 unspecified atom stereocenters. The van der Waals surface area contributed by atoms with Gasteiger partial charge in [0.1, 0.15) is 35.8 Å². The van der Waals surface area contributed by atoms with Crippen LogP contribution in [0.2, 0.25) is 0 Å². The highest BCUT2D eigenvalue weighted by molar-refractivity contribution is 6.22. The van der Waals surface area contributed by atoms with E-state index in [-0.39, 0.29) is 36.7 Å². The van der Waals surface area contributed by atoms with Gasteiger partial charge >= 0.3 is 0 Å². The number of nitrogens with one attached hydrogen (secondary N) is 1. The number of halogens is 1. The summed E-state index contributed by atoms with van der Waals surface area (Å²) in [6.45, 7) is 2.39. The zero-order chi connectivity index (χ0) is 22.4. The molecule has 0 radical (unpaired) electrons. The molecule has 9 nitrogen and oxygen atoms in total. The van der Waals surface area contributed by atoms with Crippen LogP contribution < -0.4 is 5.32 Å². The number of rotatable bonds is 4. The third kappa shape index (κ3) is 3.77. The molecular weight excluding hydrogens is 436 g/mol. The first-order valence-corrected chi connectivity index (χ1v) is 11.5. The largest absolute Gasteiger partial charge is 0.366 e. The molecule has 170 valence electrons. The van der Waals surface area contributed by atoms with E-state index in [4.69, 9.17) is 21.0 Å². The van der Waals surface area contributed by atoms with Crippen LogP contribution in [0.1, 0.15) is 43.0 Å². The van der Waals surface area contributed by atoms with Crippen LogP contribution in [0, 0.1) is 11.8 Å².